The minimum Gasteiger partial charge on any atom is -0.338 e. The molecule has 0 aromatic heterocycles. The lowest BCUT2D eigenvalue weighted by atomic mass is 10.5. The highest BCUT2D eigenvalue weighted by molar-refractivity contribution is 8.00. The van der Waals surface area contributed by atoms with Crippen LogP contribution >= 0.6 is 11.8 Å². The van der Waals surface area contributed by atoms with Gasteiger partial charge in [-0.3, -0.25) is 10.1 Å². The lowest BCUT2D eigenvalue weighted by Crippen LogP contribution is -2.40. The third kappa shape index (κ3) is 6.73. The van der Waals surface area contributed by atoms with Gasteiger partial charge in [0.05, 0.1) is 5.75 Å². The third-order valence-electron chi connectivity index (χ3n) is 1.42. The molecule has 0 aliphatic heterocycles. The van der Waals surface area contributed by atoms with Gasteiger partial charge in [-0.1, -0.05) is 6.92 Å². The molecule has 0 fully saturated rings. The summed E-state index contributed by atoms with van der Waals surface area (Å²) in [5.41, 5.74) is 5.38. The number of nitrogens with two attached hydrogens (primary N) is 1. The maximum atomic E-state index is 11.1. The number of carbonyl (C=O) groups is 2. The number of hydrogen-bond donors (Lipinski definition) is 3. The number of imide groups is 1. The molecule has 0 rings (SSSR count). The topological polar surface area (TPSA) is 84.2 Å². The van der Waals surface area contributed by atoms with Crippen LogP contribution in [-0.2, 0) is 4.79 Å². The van der Waals surface area contributed by atoms with Crippen molar-refractivity contribution < 1.29 is 9.59 Å². The first kappa shape index (κ1) is 13.2. The maximum Gasteiger partial charge on any atom is 0.321 e. The van der Waals surface area contributed by atoms with Gasteiger partial charge in [0.25, 0.3) is 0 Å². The molecular weight excluding hydrogens is 202 g/mol. The molecule has 0 aliphatic rings. The number of carbonyl (C=O) groups excluding carboxylic acids is 2. The molecule has 82 valence electrons. The highest BCUT2D eigenvalue weighted by Gasteiger charge is 2.08. The quantitative estimate of drug-likeness (QED) is 0.603. The standard InChI is InChI=1S/C8H17N3O2S/c1-3-10-8(13)11-7(12)5-14-6(2)4-9/h6H,3-5,9H2,1-2H3,(H2,10,11,12,13). The first-order valence-corrected chi connectivity index (χ1v) is 5.54. The molecule has 0 heterocycles. The Hall–Kier alpha value is -0.750. The molecule has 1 unspecified atom stereocenters. The van der Waals surface area contributed by atoms with E-state index in [4.69, 9.17) is 5.73 Å². The number of thioether (sulfide) groups is 1. The van der Waals surface area contributed by atoms with Crippen molar-refractivity contribution in [3.8, 4) is 0 Å². The van der Waals surface area contributed by atoms with Crippen LogP contribution < -0.4 is 16.4 Å². The van der Waals surface area contributed by atoms with Crippen LogP contribution in [0.3, 0.4) is 0 Å². The molecule has 6 heteroatoms. The fraction of sp³-hybridized carbons (Fsp3) is 0.750. The summed E-state index contributed by atoms with van der Waals surface area (Å²) in [5, 5.41) is 4.91. The van der Waals surface area contributed by atoms with Crippen LogP contribution in [0.1, 0.15) is 13.8 Å². The summed E-state index contributed by atoms with van der Waals surface area (Å²) in [4.78, 5) is 22.0. The minimum atomic E-state index is -0.446. The SMILES string of the molecule is CCNC(=O)NC(=O)CSC(C)CN. The van der Waals surface area contributed by atoms with Crippen LogP contribution in [0.4, 0.5) is 4.79 Å². The number of hydrogen-bond acceptors (Lipinski definition) is 4. The van der Waals surface area contributed by atoms with Gasteiger partial charge in [0, 0.05) is 18.3 Å². The second-order valence-corrected chi connectivity index (χ2v) is 4.19. The summed E-state index contributed by atoms with van der Waals surface area (Å²) in [5.74, 6) is -0.0311. The Morgan fingerprint density at radius 2 is 2.14 bits per heavy atom. The van der Waals surface area contributed by atoms with Gasteiger partial charge >= 0.3 is 6.03 Å². The van der Waals surface area contributed by atoms with Gasteiger partial charge in [-0.2, -0.15) is 0 Å². The molecule has 0 saturated carbocycles. The van der Waals surface area contributed by atoms with E-state index in [1.165, 1.54) is 11.8 Å². The maximum absolute atomic E-state index is 11.1. The molecule has 0 aliphatic carbocycles. The van der Waals surface area contributed by atoms with Crippen LogP contribution in [-0.4, -0.2) is 36.0 Å². The predicted molar refractivity (Wildman–Crippen MR) is 58.2 cm³/mol. The zero-order chi connectivity index (χ0) is 11.0. The number of amides is 3. The van der Waals surface area contributed by atoms with E-state index >= 15 is 0 Å². The number of nitrogens with one attached hydrogen (secondary N) is 2. The molecule has 0 radical (unpaired) electrons. The second kappa shape index (κ2) is 7.64. The van der Waals surface area contributed by atoms with Crippen molar-refractivity contribution in [1.29, 1.82) is 0 Å². The molecule has 14 heavy (non-hydrogen) atoms. The normalized spacial score (nSPS) is 11.9. The van der Waals surface area contributed by atoms with E-state index in [1.807, 2.05) is 6.92 Å². The Balaban J connectivity index is 3.60. The summed E-state index contributed by atoms with van der Waals surface area (Å²) >= 11 is 1.43. The van der Waals surface area contributed by atoms with Gasteiger partial charge in [0.2, 0.25) is 5.91 Å². The Morgan fingerprint density at radius 3 is 2.64 bits per heavy atom. The van der Waals surface area contributed by atoms with Crippen molar-refractivity contribution >= 4 is 23.7 Å². The van der Waals surface area contributed by atoms with Crippen LogP contribution in [0.25, 0.3) is 0 Å². The van der Waals surface area contributed by atoms with Crippen molar-refractivity contribution in [2.24, 2.45) is 5.73 Å². The molecule has 1 atom stereocenters. The second-order valence-electron chi connectivity index (χ2n) is 2.76. The van der Waals surface area contributed by atoms with Gasteiger partial charge in [0.1, 0.15) is 0 Å². The fourth-order valence-corrected chi connectivity index (χ4v) is 1.30. The predicted octanol–water partition coefficient (Wildman–Crippen LogP) is -0.0875. The van der Waals surface area contributed by atoms with Crippen molar-refractivity contribution in [2.45, 2.75) is 19.1 Å². The fourth-order valence-electron chi connectivity index (χ4n) is 0.653. The monoisotopic (exact) mass is 219 g/mol. The van der Waals surface area contributed by atoms with E-state index < -0.39 is 6.03 Å². The zero-order valence-corrected chi connectivity index (χ0v) is 9.32. The molecule has 3 amide bonds. The van der Waals surface area contributed by atoms with E-state index in [2.05, 4.69) is 10.6 Å². The van der Waals surface area contributed by atoms with Crippen LogP contribution in [0, 0.1) is 0 Å². The molecule has 0 aromatic rings. The molecular formula is C8H17N3O2S. The van der Waals surface area contributed by atoms with Gasteiger partial charge < -0.3 is 11.1 Å². The molecule has 0 bridgehead atoms. The average Bonchev–Trinajstić information content (AvgIpc) is 2.14. The van der Waals surface area contributed by atoms with Gasteiger partial charge in [0.15, 0.2) is 0 Å². The average molecular weight is 219 g/mol. The van der Waals surface area contributed by atoms with Crippen molar-refractivity contribution in [1.82, 2.24) is 10.6 Å². The summed E-state index contributed by atoms with van der Waals surface area (Å²) in [7, 11) is 0. The smallest absolute Gasteiger partial charge is 0.321 e. The summed E-state index contributed by atoms with van der Waals surface area (Å²) < 4.78 is 0. The highest BCUT2D eigenvalue weighted by Crippen LogP contribution is 2.07. The first-order chi connectivity index (χ1) is 6.60. The van der Waals surface area contributed by atoms with Crippen LogP contribution in [0.2, 0.25) is 0 Å². The van der Waals surface area contributed by atoms with E-state index in [0.29, 0.717) is 13.1 Å². The van der Waals surface area contributed by atoms with Crippen molar-refractivity contribution in [3.63, 3.8) is 0 Å². The Kier molecular flexibility index (Phi) is 7.23. The van der Waals surface area contributed by atoms with Crippen LogP contribution in [0.5, 0.6) is 0 Å². The summed E-state index contributed by atoms with van der Waals surface area (Å²) in [6.07, 6.45) is 0. The minimum absolute atomic E-state index is 0.231. The van der Waals surface area contributed by atoms with Crippen molar-refractivity contribution in [2.75, 3.05) is 18.8 Å². The van der Waals surface area contributed by atoms with E-state index in [0.717, 1.165) is 0 Å². The Morgan fingerprint density at radius 1 is 1.50 bits per heavy atom. The van der Waals surface area contributed by atoms with E-state index in [-0.39, 0.29) is 16.9 Å². The molecule has 0 aromatic carbocycles. The first-order valence-electron chi connectivity index (χ1n) is 4.49. The van der Waals surface area contributed by atoms with Gasteiger partial charge in [-0.05, 0) is 6.92 Å². The van der Waals surface area contributed by atoms with Gasteiger partial charge in [-0.15, -0.1) is 11.8 Å². The summed E-state index contributed by atoms with van der Waals surface area (Å²) in [6, 6.07) is -0.446. The number of urea groups is 1. The highest BCUT2D eigenvalue weighted by atomic mass is 32.2. The molecule has 0 spiro atoms. The third-order valence-corrected chi connectivity index (χ3v) is 2.61. The zero-order valence-electron chi connectivity index (χ0n) is 8.50. The number of rotatable bonds is 5. The lowest BCUT2D eigenvalue weighted by Gasteiger charge is -2.07. The van der Waals surface area contributed by atoms with Gasteiger partial charge in [-0.25, -0.2) is 4.79 Å². The molecule has 5 nitrogen and oxygen atoms in total. The van der Waals surface area contributed by atoms with Crippen molar-refractivity contribution in [3.05, 3.63) is 0 Å². The Bertz CT molecular complexity index is 199. The molecule has 0 saturated heterocycles. The summed E-state index contributed by atoms with van der Waals surface area (Å²) in [6.45, 7) is 4.75. The van der Waals surface area contributed by atoms with E-state index in [9.17, 15) is 9.59 Å². The van der Waals surface area contributed by atoms with Crippen LogP contribution in [0.15, 0.2) is 0 Å². The molecule has 4 N–H and O–H groups in total. The lowest BCUT2D eigenvalue weighted by molar-refractivity contribution is -0.117. The largest absolute Gasteiger partial charge is 0.338 e. The Labute approximate surface area is 88.2 Å². The van der Waals surface area contributed by atoms with E-state index in [1.54, 1.807) is 6.92 Å².